The van der Waals surface area contributed by atoms with Crippen molar-refractivity contribution in [1.29, 1.82) is 0 Å². The number of hydrogen-bond donors (Lipinski definition) is 1. The molecule has 3 rings (SSSR count). The molecule has 0 radical (unpaired) electrons. The van der Waals surface area contributed by atoms with Crippen LogP contribution in [0.3, 0.4) is 0 Å². The minimum atomic E-state index is -0.291. The van der Waals surface area contributed by atoms with E-state index in [1.54, 1.807) is 29.2 Å². The zero-order valence-electron chi connectivity index (χ0n) is 14.6. The summed E-state index contributed by atoms with van der Waals surface area (Å²) in [6.45, 7) is 0.625. The fourth-order valence-corrected chi connectivity index (χ4v) is 3.43. The lowest BCUT2D eigenvalue weighted by molar-refractivity contribution is 0.207. The van der Waals surface area contributed by atoms with Crippen molar-refractivity contribution in [1.82, 2.24) is 4.90 Å². The SMILES string of the molecule is COc1cc(OC)c(NC(=O)N2CCC[C@@H]2c2ccc(F)cc2)cc1Cl. The molecule has 0 spiro atoms. The molecule has 0 aromatic heterocycles. The van der Waals surface area contributed by atoms with Gasteiger partial charge in [0.15, 0.2) is 0 Å². The number of urea groups is 1. The van der Waals surface area contributed by atoms with Crippen molar-refractivity contribution in [3.05, 3.63) is 52.8 Å². The van der Waals surface area contributed by atoms with Crippen LogP contribution in [-0.2, 0) is 0 Å². The monoisotopic (exact) mass is 378 g/mol. The number of hydrogen-bond acceptors (Lipinski definition) is 3. The van der Waals surface area contributed by atoms with E-state index in [9.17, 15) is 9.18 Å². The van der Waals surface area contributed by atoms with Gasteiger partial charge in [-0.15, -0.1) is 0 Å². The topological polar surface area (TPSA) is 50.8 Å². The number of halogens is 2. The number of methoxy groups -OCH3 is 2. The number of likely N-dealkylation sites (tertiary alicyclic amines) is 1. The lowest BCUT2D eigenvalue weighted by atomic mass is 10.0. The van der Waals surface area contributed by atoms with Gasteiger partial charge >= 0.3 is 6.03 Å². The quantitative estimate of drug-likeness (QED) is 0.826. The van der Waals surface area contributed by atoms with Gasteiger partial charge in [0.2, 0.25) is 0 Å². The highest BCUT2D eigenvalue weighted by Crippen LogP contribution is 2.37. The van der Waals surface area contributed by atoms with E-state index in [0.29, 0.717) is 28.8 Å². The van der Waals surface area contributed by atoms with E-state index in [1.807, 2.05) is 0 Å². The highest BCUT2D eigenvalue weighted by molar-refractivity contribution is 6.32. The normalized spacial score (nSPS) is 16.5. The fourth-order valence-electron chi connectivity index (χ4n) is 3.19. The van der Waals surface area contributed by atoms with Crippen LogP contribution in [0.4, 0.5) is 14.9 Å². The van der Waals surface area contributed by atoms with Crippen LogP contribution >= 0.6 is 11.6 Å². The van der Waals surface area contributed by atoms with E-state index in [4.69, 9.17) is 21.1 Å². The summed E-state index contributed by atoms with van der Waals surface area (Å²) in [5.41, 5.74) is 1.38. The number of nitrogens with one attached hydrogen (secondary N) is 1. The lowest BCUT2D eigenvalue weighted by Crippen LogP contribution is -2.34. The van der Waals surface area contributed by atoms with Gasteiger partial charge in [0.05, 0.1) is 31.0 Å². The van der Waals surface area contributed by atoms with Crippen molar-refractivity contribution in [3.63, 3.8) is 0 Å². The van der Waals surface area contributed by atoms with Gasteiger partial charge in [-0.25, -0.2) is 9.18 Å². The molecule has 138 valence electrons. The molecule has 1 atom stereocenters. The summed E-state index contributed by atoms with van der Waals surface area (Å²) in [4.78, 5) is 14.6. The molecule has 0 unspecified atom stereocenters. The second-order valence-electron chi connectivity index (χ2n) is 6.02. The first-order chi connectivity index (χ1) is 12.5. The molecule has 1 heterocycles. The van der Waals surface area contributed by atoms with E-state index in [1.165, 1.54) is 26.4 Å². The van der Waals surface area contributed by atoms with Gasteiger partial charge in [-0.3, -0.25) is 0 Å². The Bertz CT molecular complexity index is 798. The van der Waals surface area contributed by atoms with Crippen LogP contribution in [-0.4, -0.2) is 31.7 Å². The average molecular weight is 379 g/mol. The summed E-state index contributed by atoms with van der Waals surface area (Å²) in [6, 6.07) is 9.14. The zero-order valence-corrected chi connectivity index (χ0v) is 15.3. The summed E-state index contributed by atoms with van der Waals surface area (Å²) < 4.78 is 23.7. The van der Waals surface area contributed by atoms with E-state index in [-0.39, 0.29) is 17.9 Å². The first-order valence-corrected chi connectivity index (χ1v) is 8.66. The Kier molecular flexibility index (Phi) is 5.52. The second kappa shape index (κ2) is 7.83. The van der Waals surface area contributed by atoms with E-state index in [2.05, 4.69) is 5.32 Å². The Morgan fingerprint density at radius 1 is 1.19 bits per heavy atom. The van der Waals surface area contributed by atoms with Crippen LogP contribution in [0.5, 0.6) is 11.5 Å². The summed E-state index contributed by atoms with van der Waals surface area (Å²) in [6.07, 6.45) is 1.72. The maximum atomic E-state index is 13.2. The van der Waals surface area contributed by atoms with E-state index in [0.717, 1.165) is 18.4 Å². The molecule has 5 nitrogen and oxygen atoms in total. The van der Waals surface area contributed by atoms with Crippen molar-refractivity contribution in [2.75, 3.05) is 26.1 Å². The minimum absolute atomic E-state index is 0.0877. The van der Waals surface area contributed by atoms with Gasteiger partial charge < -0.3 is 19.7 Å². The average Bonchev–Trinajstić information content (AvgIpc) is 3.12. The predicted molar refractivity (Wildman–Crippen MR) is 98.7 cm³/mol. The molecule has 1 aliphatic heterocycles. The third-order valence-electron chi connectivity index (χ3n) is 4.48. The number of benzene rings is 2. The van der Waals surface area contributed by atoms with Gasteiger partial charge in [-0.1, -0.05) is 23.7 Å². The molecule has 7 heteroatoms. The first kappa shape index (κ1) is 18.3. The third-order valence-corrected chi connectivity index (χ3v) is 4.78. The molecule has 2 amide bonds. The standard InChI is InChI=1S/C19H20ClFN2O3/c1-25-17-11-18(26-2)15(10-14(17)20)22-19(24)23-9-3-4-16(23)12-5-7-13(21)8-6-12/h5-8,10-11,16H,3-4,9H2,1-2H3,(H,22,24)/t16-/m1/s1. The summed E-state index contributed by atoms with van der Waals surface area (Å²) >= 11 is 6.16. The van der Waals surface area contributed by atoms with Gasteiger partial charge in [0.1, 0.15) is 17.3 Å². The van der Waals surface area contributed by atoms with Crippen molar-refractivity contribution in [3.8, 4) is 11.5 Å². The Hall–Kier alpha value is -2.47. The summed E-state index contributed by atoms with van der Waals surface area (Å²) in [5, 5.41) is 3.23. The fraction of sp³-hybridized carbons (Fsp3) is 0.316. The van der Waals surface area contributed by atoms with Crippen LogP contribution in [0.2, 0.25) is 5.02 Å². The number of carbonyl (C=O) groups is 1. The molecular weight excluding hydrogens is 359 g/mol. The second-order valence-corrected chi connectivity index (χ2v) is 6.43. The summed E-state index contributed by atoms with van der Waals surface area (Å²) in [7, 11) is 3.02. The highest BCUT2D eigenvalue weighted by atomic mass is 35.5. The summed E-state index contributed by atoms with van der Waals surface area (Å²) in [5.74, 6) is 0.629. The molecule has 26 heavy (non-hydrogen) atoms. The van der Waals surface area contributed by atoms with Crippen molar-refractivity contribution in [2.24, 2.45) is 0 Å². The first-order valence-electron chi connectivity index (χ1n) is 8.28. The Morgan fingerprint density at radius 3 is 2.54 bits per heavy atom. The molecular formula is C19H20ClFN2O3. The smallest absolute Gasteiger partial charge is 0.322 e. The molecule has 0 aliphatic carbocycles. The van der Waals surface area contributed by atoms with Gasteiger partial charge in [0.25, 0.3) is 0 Å². The highest BCUT2D eigenvalue weighted by Gasteiger charge is 2.30. The number of anilines is 1. The molecule has 2 aromatic carbocycles. The number of ether oxygens (including phenoxy) is 2. The maximum Gasteiger partial charge on any atom is 0.322 e. The number of carbonyl (C=O) groups excluding carboxylic acids is 1. The van der Waals surface area contributed by atoms with Gasteiger partial charge in [-0.2, -0.15) is 0 Å². The number of nitrogens with zero attached hydrogens (tertiary/aromatic N) is 1. The molecule has 1 aliphatic rings. The van der Waals surface area contributed by atoms with E-state index < -0.39 is 0 Å². The van der Waals surface area contributed by atoms with Crippen molar-refractivity contribution in [2.45, 2.75) is 18.9 Å². The third kappa shape index (κ3) is 3.70. The molecule has 1 saturated heterocycles. The Labute approximate surface area is 156 Å². The van der Waals surface area contributed by atoms with Crippen LogP contribution in [0.15, 0.2) is 36.4 Å². The molecule has 1 N–H and O–H groups in total. The zero-order chi connectivity index (χ0) is 18.7. The lowest BCUT2D eigenvalue weighted by Gasteiger charge is -2.26. The predicted octanol–water partition coefficient (Wildman–Crippen LogP) is 4.87. The number of rotatable bonds is 4. The molecule has 0 saturated carbocycles. The van der Waals surface area contributed by atoms with Gasteiger partial charge in [0, 0.05) is 12.6 Å². The Morgan fingerprint density at radius 2 is 1.88 bits per heavy atom. The molecule has 2 aromatic rings. The minimum Gasteiger partial charge on any atom is -0.495 e. The Balaban J connectivity index is 1.81. The molecule has 1 fully saturated rings. The maximum absolute atomic E-state index is 13.2. The van der Waals surface area contributed by atoms with Crippen LogP contribution in [0.25, 0.3) is 0 Å². The van der Waals surface area contributed by atoms with Crippen LogP contribution in [0.1, 0.15) is 24.4 Å². The molecule has 0 bridgehead atoms. The van der Waals surface area contributed by atoms with Gasteiger partial charge in [-0.05, 0) is 36.6 Å². The number of amides is 2. The van der Waals surface area contributed by atoms with Crippen LogP contribution in [0, 0.1) is 5.82 Å². The van der Waals surface area contributed by atoms with Crippen molar-refractivity contribution >= 4 is 23.3 Å². The largest absolute Gasteiger partial charge is 0.495 e. The van der Waals surface area contributed by atoms with Crippen molar-refractivity contribution < 1.29 is 18.7 Å². The van der Waals surface area contributed by atoms with Crippen LogP contribution < -0.4 is 14.8 Å². The van der Waals surface area contributed by atoms with E-state index >= 15 is 0 Å².